The average molecular weight is 308 g/mol. The van der Waals surface area contributed by atoms with Gasteiger partial charge in [0.25, 0.3) is 0 Å². The summed E-state index contributed by atoms with van der Waals surface area (Å²) in [6, 6.07) is 12.9. The molecular formula is C17H12N2O4. The number of aromatic hydroxyl groups is 2. The fraction of sp³-hybridized carbons (Fsp3) is 0. The van der Waals surface area contributed by atoms with Gasteiger partial charge in [-0.3, -0.25) is 10.1 Å². The van der Waals surface area contributed by atoms with Crippen molar-refractivity contribution in [1.29, 1.82) is 0 Å². The molecule has 1 heterocycles. The summed E-state index contributed by atoms with van der Waals surface area (Å²) >= 11 is 0. The van der Waals surface area contributed by atoms with Crippen LogP contribution in [-0.2, 0) is 0 Å². The lowest BCUT2D eigenvalue weighted by Crippen LogP contribution is -1.89. The van der Waals surface area contributed by atoms with Crippen molar-refractivity contribution >= 4 is 28.7 Å². The molecule has 0 aliphatic rings. The van der Waals surface area contributed by atoms with Gasteiger partial charge in [0, 0.05) is 11.5 Å². The second kappa shape index (κ2) is 5.76. The fourth-order valence-electron chi connectivity index (χ4n) is 2.21. The molecule has 0 saturated carbocycles. The lowest BCUT2D eigenvalue weighted by Gasteiger charge is -2.01. The van der Waals surface area contributed by atoms with Gasteiger partial charge in [0.05, 0.1) is 10.6 Å². The third-order valence-corrected chi connectivity index (χ3v) is 3.36. The van der Waals surface area contributed by atoms with Crippen LogP contribution in [0.2, 0.25) is 0 Å². The molecule has 0 spiro atoms. The molecule has 2 aromatic carbocycles. The maximum absolute atomic E-state index is 10.8. The number of phenols is 2. The molecule has 6 heteroatoms. The van der Waals surface area contributed by atoms with E-state index >= 15 is 0 Å². The van der Waals surface area contributed by atoms with Gasteiger partial charge in [-0.2, -0.15) is 0 Å². The minimum absolute atomic E-state index is 0.0954. The zero-order valence-corrected chi connectivity index (χ0v) is 11.9. The van der Waals surface area contributed by atoms with Crippen LogP contribution in [0.25, 0.3) is 23.1 Å². The number of benzene rings is 2. The zero-order valence-electron chi connectivity index (χ0n) is 11.9. The first-order valence-corrected chi connectivity index (χ1v) is 6.79. The molecule has 3 rings (SSSR count). The number of hydrogen-bond acceptors (Lipinski definition) is 5. The molecule has 0 atom stereocenters. The lowest BCUT2D eigenvalue weighted by atomic mass is 10.1. The standard InChI is InChI=1S/C17H12N2O4/c20-15-9-5-11(10-14(15)19(22)23)4-7-13-8-6-12-2-1-3-16(21)17(12)18-13/h1-10,20-21H/b7-4+. The van der Waals surface area contributed by atoms with E-state index in [0.717, 1.165) is 5.39 Å². The van der Waals surface area contributed by atoms with E-state index in [1.807, 2.05) is 12.1 Å². The molecule has 0 unspecified atom stereocenters. The summed E-state index contributed by atoms with van der Waals surface area (Å²) in [5.74, 6) is -0.279. The van der Waals surface area contributed by atoms with E-state index < -0.39 is 4.92 Å². The van der Waals surface area contributed by atoms with Crippen LogP contribution in [0.1, 0.15) is 11.3 Å². The van der Waals surface area contributed by atoms with E-state index in [1.165, 1.54) is 12.1 Å². The Labute approximate surface area is 131 Å². The number of aromatic nitrogens is 1. The number of nitro benzene ring substituents is 1. The molecule has 1 aromatic heterocycles. The van der Waals surface area contributed by atoms with Gasteiger partial charge in [-0.15, -0.1) is 0 Å². The van der Waals surface area contributed by atoms with Crippen LogP contribution >= 0.6 is 0 Å². The van der Waals surface area contributed by atoms with Crippen molar-refractivity contribution in [1.82, 2.24) is 4.98 Å². The Hall–Kier alpha value is -3.41. The molecule has 0 radical (unpaired) electrons. The highest BCUT2D eigenvalue weighted by atomic mass is 16.6. The van der Waals surface area contributed by atoms with Gasteiger partial charge >= 0.3 is 5.69 Å². The molecule has 23 heavy (non-hydrogen) atoms. The van der Waals surface area contributed by atoms with Crippen LogP contribution in [0.4, 0.5) is 5.69 Å². The molecule has 0 amide bonds. The summed E-state index contributed by atoms with van der Waals surface area (Å²) < 4.78 is 0. The second-order valence-electron chi connectivity index (χ2n) is 4.92. The third-order valence-electron chi connectivity index (χ3n) is 3.36. The Bertz CT molecular complexity index is 935. The zero-order chi connectivity index (χ0) is 16.4. The van der Waals surface area contributed by atoms with Crippen LogP contribution in [-0.4, -0.2) is 20.1 Å². The number of para-hydroxylation sites is 1. The molecule has 2 N–H and O–H groups in total. The van der Waals surface area contributed by atoms with Crippen LogP contribution < -0.4 is 0 Å². The molecule has 0 aliphatic heterocycles. The number of hydrogen-bond donors (Lipinski definition) is 2. The SMILES string of the molecule is O=[N+]([O-])c1cc(/C=C/c2ccc3cccc(O)c3n2)ccc1O. The van der Waals surface area contributed by atoms with Crippen molar-refractivity contribution in [2.24, 2.45) is 0 Å². The Morgan fingerprint density at radius 1 is 1.00 bits per heavy atom. The fourth-order valence-corrected chi connectivity index (χ4v) is 2.21. The number of nitro groups is 1. The third kappa shape index (κ3) is 2.96. The monoisotopic (exact) mass is 308 g/mol. The number of fused-ring (bicyclic) bond motifs is 1. The van der Waals surface area contributed by atoms with Gasteiger partial charge in [-0.25, -0.2) is 4.98 Å². The smallest absolute Gasteiger partial charge is 0.311 e. The molecule has 3 aromatic rings. The number of pyridine rings is 1. The molecular weight excluding hydrogens is 296 g/mol. The lowest BCUT2D eigenvalue weighted by molar-refractivity contribution is -0.385. The van der Waals surface area contributed by atoms with Gasteiger partial charge in [0.2, 0.25) is 0 Å². The van der Waals surface area contributed by atoms with Crippen LogP contribution in [0, 0.1) is 10.1 Å². The Morgan fingerprint density at radius 3 is 2.61 bits per heavy atom. The number of rotatable bonds is 3. The van der Waals surface area contributed by atoms with Crippen LogP contribution in [0.5, 0.6) is 11.5 Å². The van der Waals surface area contributed by atoms with Crippen molar-refractivity contribution in [2.45, 2.75) is 0 Å². The average Bonchev–Trinajstić information content (AvgIpc) is 2.54. The first kappa shape index (κ1) is 14.5. The highest BCUT2D eigenvalue weighted by molar-refractivity contribution is 5.85. The Morgan fingerprint density at radius 2 is 1.83 bits per heavy atom. The maximum Gasteiger partial charge on any atom is 0.311 e. The van der Waals surface area contributed by atoms with Gasteiger partial charge in [-0.05, 0) is 29.8 Å². The van der Waals surface area contributed by atoms with E-state index in [1.54, 1.807) is 36.4 Å². The number of nitrogens with zero attached hydrogens (tertiary/aromatic N) is 2. The van der Waals surface area contributed by atoms with Crippen LogP contribution in [0.15, 0.2) is 48.5 Å². The molecule has 6 nitrogen and oxygen atoms in total. The highest BCUT2D eigenvalue weighted by Gasteiger charge is 2.12. The van der Waals surface area contributed by atoms with E-state index in [4.69, 9.17) is 0 Å². The summed E-state index contributed by atoms with van der Waals surface area (Å²) in [5.41, 5.74) is 1.31. The largest absolute Gasteiger partial charge is 0.506 e. The van der Waals surface area contributed by atoms with Crippen molar-refractivity contribution < 1.29 is 15.1 Å². The van der Waals surface area contributed by atoms with E-state index in [9.17, 15) is 20.3 Å². The number of phenolic OH excluding ortho intramolecular Hbond substituents is 2. The highest BCUT2D eigenvalue weighted by Crippen LogP contribution is 2.27. The summed E-state index contributed by atoms with van der Waals surface area (Å²) in [6.45, 7) is 0. The molecule has 114 valence electrons. The topological polar surface area (TPSA) is 96.5 Å². The summed E-state index contributed by atoms with van der Waals surface area (Å²) in [4.78, 5) is 14.5. The first-order chi connectivity index (χ1) is 11.0. The van der Waals surface area contributed by atoms with Crippen molar-refractivity contribution in [2.75, 3.05) is 0 Å². The van der Waals surface area contributed by atoms with E-state index in [2.05, 4.69) is 4.98 Å². The summed E-state index contributed by atoms with van der Waals surface area (Å²) in [7, 11) is 0. The molecule has 0 bridgehead atoms. The van der Waals surface area contributed by atoms with Crippen LogP contribution in [0.3, 0.4) is 0 Å². The van der Waals surface area contributed by atoms with Gasteiger partial charge in [0.15, 0.2) is 5.75 Å². The molecule has 0 saturated heterocycles. The minimum atomic E-state index is -0.640. The normalized spacial score (nSPS) is 11.1. The van der Waals surface area contributed by atoms with Gasteiger partial charge in [0.1, 0.15) is 11.3 Å². The van der Waals surface area contributed by atoms with Crippen molar-refractivity contribution in [3.8, 4) is 11.5 Å². The van der Waals surface area contributed by atoms with Crippen molar-refractivity contribution in [3.63, 3.8) is 0 Å². The van der Waals surface area contributed by atoms with E-state index in [0.29, 0.717) is 16.8 Å². The Kier molecular flexibility index (Phi) is 3.64. The minimum Gasteiger partial charge on any atom is -0.506 e. The molecule has 0 fully saturated rings. The van der Waals surface area contributed by atoms with Crippen molar-refractivity contribution in [3.05, 3.63) is 69.9 Å². The molecule has 0 aliphatic carbocycles. The predicted octanol–water partition coefficient (Wildman–Crippen LogP) is 3.72. The quantitative estimate of drug-likeness (QED) is 0.567. The second-order valence-corrected chi connectivity index (χ2v) is 4.92. The van der Waals surface area contributed by atoms with Gasteiger partial charge < -0.3 is 10.2 Å². The predicted molar refractivity (Wildman–Crippen MR) is 87.1 cm³/mol. The van der Waals surface area contributed by atoms with E-state index in [-0.39, 0.29) is 17.2 Å². The summed E-state index contributed by atoms with van der Waals surface area (Å²) in [6.07, 6.45) is 3.34. The first-order valence-electron chi connectivity index (χ1n) is 6.79. The Balaban J connectivity index is 1.95. The summed E-state index contributed by atoms with van der Waals surface area (Å²) in [5, 5.41) is 30.9. The van der Waals surface area contributed by atoms with Gasteiger partial charge in [-0.1, -0.05) is 30.3 Å². The maximum atomic E-state index is 10.8.